The fourth-order valence-corrected chi connectivity index (χ4v) is 4.90. The average molecular weight is 468 g/mol. The average Bonchev–Trinajstić information content (AvgIpc) is 3.13. The van der Waals surface area contributed by atoms with Crippen LogP contribution in [0, 0.1) is 20.8 Å². The summed E-state index contributed by atoms with van der Waals surface area (Å²) < 4.78 is 2.22. The van der Waals surface area contributed by atoms with Gasteiger partial charge in [0, 0.05) is 39.7 Å². The third-order valence-electron chi connectivity index (χ3n) is 5.79. The molecular weight excluding hydrogens is 438 g/mol. The largest absolute Gasteiger partial charge is 0.318 e. The van der Waals surface area contributed by atoms with Crippen molar-refractivity contribution in [2.45, 2.75) is 32.3 Å². The molecule has 0 unspecified atom stereocenters. The van der Waals surface area contributed by atoms with E-state index in [4.69, 9.17) is 0 Å². The van der Waals surface area contributed by atoms with Gasteiger partial charge in [-0.1, -0.05) is 60.7 Å². The molecule has 5 heteroatoms. The van der Waals surface area contributed by atoms with Crippen LogP contribution in [-0.4, -0.2) is 16.7 Å². The Morgan fingerprint density at radius 3 is 2.24 bits per heavy atom. The first-order chi connectivity index (χ1) is 16.5. The number of aryl methyl sites for hydroxylation is 2. The summed E-state index contributed by atoms with van der Waals surface area (Å²) in [5.41, 5.74) is 11.3. The maximum absolute atomic E-state index is 12.5. The molecule has 0 aliphatic rings. The standard InChI is InChI=1S/C29H29N3OS/c1-21-9-7-8-12-28(21)32-22(2)17-27(23(32)3)18-30-31-29(33)26-15-13-25(14-16-26)20-34-19-24-10-5-4-6-11-24/h4-18H,19-20H2,1-3H3,(H,31,33)/b30-18-. The Labute approximate surface area is 205 Å². The highest BCUT2D eigenvalue weighted by molar-refractivity contribution is 7.97. The SMILES string of the molecule is Cc1ccccc1-n1c(C)cc(/C=N\NC(=O)c2ccc(CSCc3ccccc3)cc2)c1C. The highest BCUT2D eigenvalue weighted by Crippen LogP contribution is 2.22. The first-order valence-electron chi connectivity index (χ1n) is 11.3. The monoisotopic (exact) mass is 467 g/mol. The van der Waals surface area contributed by atoms with Gasteiger partial charge < -0.3 is 4.57 Å². The quantitative estimate of drug-likeness (QED) is 0.234. The molecule has 0 fully saturated rings. The van der Waals surface area contributed by atoms with Gasteiger partial charge in [-0.15, -0.1) is 0 Å². The molecule has 0 aliphatic carbocycles. The van der Waals surface area contributed by atoms with Gasteiger partial charge in [-0.25, -0.2) is 5.43 Å². The van der Waals surface area contributed by atoms with Crippen molar-refractivity contribution in [3.63, 3.8) is 0 Å². The van der Waals surface area contributed by atoms with Crippen LogP contribution in [0.1, 0.15) is 44.0 Å². The van der Waals surface area contributed by atoms with Gasteiger partial charge in [-0.05, 0) is 61.7 Å². The van der Waals surface area contributed by atoms with Gasteiger partial charge in [0.2, 0.25) is 0 Å². The number of thioether (sulfide) groups is 1. The molecule has 4 aromatic rings. The third-order valence-corrected chi connectivity index (χ3v) is 6.87. The number of carbonyl (C=O) groups is 1. The van der Waals surface area contributed by atoms with Crippen LogP contribution in [-0.2, 0) is 11.5 Å². The maximum Gasteiger partial charge on any atom is 0.271 e. The normalized spacial score (nSPS) is 11.1. The van der Waals surface area contributed by atoms with Crippen LogP contribution in [0.2, 0.25) is 0 Å². The Kier molecular flexibility index (Phi) is 7.65. The van der Waals surface area contributed by atoms with Gasteiger partial charge in [0.1, 0.15) is 0 Å². The molecule has 0 radical (unpaired) electrons. The van der Waals surface area contributed by atoms with Crippen molar-refractivity contribution in [2.24, 2.45) is 5.10 Å². The Bertz CT molecular complexity index is 1290. The van der Waals surface area contributed by atoms with Gasteiger partial charge in [0.25, 0.3) is 5.91 Å². The molecule has 0 spiro atoms. The molecule has 1 N–H and O–H groups in total. The summed E-state index contributed by atoms with van der Waals surface area (Å²) in [5.74, 6) is 1.67. The molecule has 0 saturated heterocycles. The lowest BCUT2D eigenvalue weighted by Crippen LogP contribution is -2.17. The van der Waals surface area contributed by atoms with E-state index < -0.39 is 0 Å². The smallest absolute Gasteiger partial charge is 0.271 e. The van der Waals surface area contributed by atoms with E-state index in [2.05, 4.69) is 78.3 Å². The summed E-state index contributed by atoms with van der Waals surface area (Å²) >= 11 is 1.86. The lowest BCUT2D eigenvalue weighted by Gasteiger charge is -2.12. The molecule has 4 nitrogen and oxygen atoms in total. The predicted molar refractivity (Wildman–Crippen MR) is 143 cm³/mol. The summed E-state index contributed by atoms with van der Waals surface area (Å²) in [5, 5.41) is 4.21. The Balaban J connectivity index is 1.34. The molecule has 4 rings (SSSR count). The third kappa shape index (κ3) is 5.67. The van der Waals surface area contributed by atoms with Gasteiger partial charge in [-0.3, -0.25) is 4.79 Å². The van der Waals surface area contributed by atoms with Crippen molar-refractivity contribution < 1.29 is 4.79 Å². The van der Waals surface area contributed by atoms with E-state index in [0.29, 0.717) is 5.56 Å². The lowest BCUT2D eigenvalue weighted by atomic mass is 10.1. The van der Waals surface area contributed by atoms with Crippen molar-refractivity contribution in [2.75, 3.05) is 0 Å². The van der Waals surface area contributed by atoms with E-state index in [0.717, 1.165) is 34.1 Å². The number of benzene rings is 3. The number of rotatable bonds is 8. The topological polar surface area (TPSA) is 46.4 Å². The zero-order valence-electron chi connectivity index (χ0n) is 19.8. The number of nitrogens with zero attached hydrogens (tertiary/aromatic N) is 2. The summed E-state index contributed by atoms with van der Waals surface area (Å²) in [6, 6.07) is 28.6. The molecule has 0 aliphatic heterocycles. The number of amides is 1. The number of para-hydroxylation sites is 1. The molecule has 0 saturated carbocycles. The number of hydrogen-bond acceptors (Lipinski definition) is 3. The van der Waals surface area contributed by atoms with Crippen LogP contribution < -0.4 is 5.43 Å². The first-order valence-corrected chi connectivity index (χ1v) is 12.5. The number of aromatic nitrogens is 1. The minimum atomic E-state index is -0.215. The number of hydrazone groups is 1. The molecule has 34 heavy (non-hydrogen) atoms. The van der Waals surface area contributed by atoms with E-state index in [1.54, 1.807) is 6.21 Å². The minimum Gasteiger partial charge on any atom is -0.318 e. The zero-order chi connectivity index (χ0) is 23.9. The molecule has 1 heterocycles. The summed E-state index contributed by atoms with van der Waals surface area (Å²) in [4.78, 5) is 12.5. The van der Waals surface area contributed by atoms with Gasteiger partial charge in [0.05, 0.1) is 6.21 Å². The second-order valence-corrected chi connectivity index (χ2v) is 9.31. The predicted octanol–water partition coefficient (Wildman–Crippen LogP) is 6.60. The molecule has 0 bridgehead atoms. The zero-order valence-corrected chi connectivity index (χ0v) is 20.6. The second-order valence-electron chi connectivity index (χ2n) is 8.32. The van der Waals surface area contributed by atoms with Crippen molar-refractivity contribution in [1.29, 1.82) is 0 Å². The fourth-order valence-electron chi connectivity index (χ4n) is 3.94. The van der Waals surface area contributed by atoms with Crippen molar-refractivity contribution in [1.82, 2.24) is 9.99 Å². The number of nitrogens with one attached hydrogen (secondary N) is 1. The van der Waals surface area contributed by atoms with E-state index in [9.17, 15) is 4.79 Å². The summed E-state index contributed by atoms with van der Waals surface area (Å²) in [7, 11) is 0. The Morgan fingerprint density at radius 1 is 0.882 bits per heavy atom. The minimum absolute atomic E-state index is 0.215. The number of hydrogen-bond donors (Lipinski definition) is 1. The van der Waals surface area contributed by atoms with E-state index in [-0.39, 0.29) is 5.91 Å². The molecule has 3 aromatic carbocycles. The van der Waals surface area contributed by atoms with E-state index >= 15 is 0 Å². The molecule has 172 valence electrons. The van der Waals surface area contributed by atoms with Crippen molar-refractivity contribution >= 4 is 23.9 Å². The van der Waals surface area contributed by atoms with Crippen LogP contribution in [0.15, 0.2) is 90.0 Å². The fraction of sp³-hybridized carbons (Fsp3) is 0.172. The lowest BCUT2D eigenvalue weighted by molar-refractivity contribution is 0.0955. The number of carbonyl (C=O) groups excluding carboxylic acids is 1. The molecular formula is C29H29N3OS. The van der Waals surface area contributed by atoms with Crippen LogP contribution in [0.3, 0.4) is 0 Å². The van der Waals surface area contributed by atoms with Gasteiger partial charge >= 0.3 is 0 Å². The Morgan fingerprint density at radius 2 is 1.53 bits per heavy atom. The highest BCUT2D eigenvalue weighted by Gasteiger charge is 2.11. The second kappa shape index (κ2) is 11.0. The Hall–Kier alpha value is -3.57. The molecule has 1 amide bonds. The van der Waals surface area contributed by atoms with Crippen molar-refractivity contribution in [3.05, 3.63) is 124 Å². The van der Waals surface area contributed by atoms with Crippen molar-refractivity contribution in [3.8, 4) is 5.69 Å². The van der Waals surface area contributed by atoms with Crippen LogP contribution in [0.25, 0.3) is 5.69 Å². The summed E-state index contributed by atoms with van der Waals surface area (Å²) in [6.07, 6.45) is 1.71. The summed E-state index contributed by atoms with van der Waals surface area (Å²) in [6.45, 7) is 6.25. The van der Waals surface area contributed by atoms with E-state index in [1.807, 2.05) is 54.2 Å². The van der Waals surface area contributed by atoms with E-state index in [1.165, 1.54) is 16.7 Å². The van der Waals surface area contributed by atoms with Crippen LogP contribution in [0.5, 0.6) is 0 Å². The van der Waals surface area contributed by atoms with Gasteiger partial charge in [-0.2, -0.15) is 16.9 Å². The highest BCUT2D eigenvalue weighted by atomic mass is 32.2. The van der Waals surface area contributed by atoms with Crippen LogP contribution in [0.4, 0.5) is 0 Å². The van der Waals surface area contributed by atoms with Gasteiger partial charge in [0.15, 0.2) is 0 Å². The maximum atomic E-state index is 12.5. The molecule has 1 aromatic heterocycles. The van der Waals surface area contributed by atoms with Crippen LogP contribution >= 0.6 is 11.8 Å². The first kappa shape index (κ1) is 23.6. The molecule has 0 atom stereocenters.